The highest BCUT2D eigenvalue weighted by Gasteiger charge is 2.31. The SMILES string of the molecule is CC1CC1CNc1ccnc(N(C)C)n1. The van der Waals surface area contributed by atoms with E-state index in [1.165, 1.54) is 6.42 Å². The highest BCUT2D eigenvalue weighted by molar-refractivity contribution is 5.40. The Morgan fingerprint density at radius 3 is 2.87 bits per heavy atom. The van der Waals surface area contributed by atoms with E-state index in [4.69, 9.17) is 0 Å². The van der Waals surface area contributed by atoms with E-state index in [2.05, 4.69) is 22.2 Å². The van der Waals surface area contributed by atoms with Crippen LogP contribution in [0.15, 0.2) is 12.3 Å². The van der Waals surface area contributed by atoms with Crippen LogP contribution in [0.5, 0.6) is 0 Å². The average Bonchev–Trinajstić information content (AvgIpc) is 2.92. The first-order valence-electron chi connectivity index (χ1n) is 5.41. The maximum Gasteiger partial charge on any atom is 0.226 e. The van der Waals surface area contributed by atoms with Gasteiger partial charge in [0.05, 0.1) is 0 Å². The molecule has 82 valence electrons. The lowest BCUT2D eigenvalue weighted by molar-refractivity contribution is 0.783. The van der Waals surface area contributed by atoms with Crippen LogP contribution in [0.25, 0.3) is 0 Å². The molecule has 1 aromatic heterocycles. The Morgan fingerprint density at radius 1 is 1.53 bits per heavy atom. The van der Waals surface area contributed by atoms with Gasteiger partial charge in [0.25, 0.3) is 0 Å². The van der Waals surface area contributed by atoms with Crippen molar-refractivity contribution in [1.29, 1.82) is 0 Å². The number of nitrogens with one attached hydrogen (secondary N) is 1. The van der Waals surface area contributed by atoms with Gasteiger partial charge in [-0.2, -0.15) is 4.98 Å². The molecule has 2 rings (SSSR count). The summed E-state index contributed by atoms with van der Waals surface area (Å²) in [6.45, 7) is 3.32. The van der Waals surface area contributed by atoms with Gasteiger partial charge in [0, 0.05) is 26.8 Å². The summed E-state index contributed by atoms with van der Waals surface area (Å²) in [7, 11) is 3.89. The predicted octanol–water partition coefficient (Wildman–Crippen LogP) is 1.61. The van der Waals surface area contributed by atoms with E-state index in [-0.39, 0.29) is 0 Å². The van der Waals surface area contributed by atoms with Crippen LogP contribution in [0.2, 0.25) is 0 Å². The molecule has 1 aliphatic carbocycles. The number of nitrogens with zero attached hydrogens (tertiary/aromatic N) is 3. The van der Waals surface area contributed by atoms with E-state index in [1.807, 2.05) is 25.1 Å². The first-order chi connectivity index (χ1) is 7.16. The van der Waals surface area contributed by atoms with Crippen LogP contribution in [0.1, 0.15) is 13.3 Å². The zero-order chi connectivity index (χ0) is 10.8. The van der Waals surface area contributed by atoms with Gasteiger partial charge in [-0.25, -0.2) is 4.98 Å². The summed E-state index contributed by atoms with van der Waals surface area (Å²) >= 11 is 0. The molecule has 0 bridgehead atoms. The molecular formula is C11H18N4. The van der Waals surface area contributed by atoms with Gasteiger partial charge in [0.15, 0.2) is 0 Å². The highest BCUT2D eigenvalue weighted by Crippen LogP contribution is 2.37. The molecule has 1 aromatic rings. The van der Waals surface area contributed by atoms with Crippen LogP contribution in [0.3, 0.4) is 0 Å². The van der Waals surface area contributed by atoms with Crippen molar-refractivity contribution in [2.45, 2.75) is 13.3 Å². The fourth-order valence-corrected chi connectivity index (χ4v) is 1.58. The van der Waals surface area contributed by atoms with Crippen molar-refractivity contribution in [3.8, 4) is 0 Å². The van der Waals surface area contributed by atoms with E-state index in [0.717, 1.165) is 30.1 Å². The molecule has 0 aromatic carbocycles. The van der Waals surface area contributed by atoms with Crippen molar-refractivity contribution < 1.29 is 0 Å². The quantitative estimate of drug-likeness (QED) is 0.812. The monoisotopic (exact) mass is 206 g/mol. The normalized spacial score (nSPS) is 23.7. The van der Waals surface area contributed by atoms with E-state index in [9.17, 15) is 0 Å². The van der Waals surface area contributed by atoms with Gasteiger partial charge >= 0.3 is 0 Å². The first-order valence-corrected chi connectivity index (χ1v) is 5.41. The second-order valence-corrected chi connectivity index (χ2v) is 4.49. The molecule has 1 aliphatic rings. The molecule has 2 unspecified atom stereocenters. The molecule has 0 saturated heterocycles. The molecule has 0 aliphatic heterocycles. The van der Waals surface area contributed by atoms with Crippen LogP contribution < -0.4 is 10.2 Å². The van der Waals surface area contributed by atoms with E-state index >= 15 is 0 Å². The molecule has 0 radical (unpaired) electrons. The molecule has 4 nitrogen and oxygen atoms in total. The van der Waals surface area contributed by atoms with Crippen LogP contribution in [0.4, 0.5) is 11.8 Å². The summed E-state index contributed by atoms with van der Waals surface area (Å²) in [5.74, 6) is 3.40. The lowest BCUT2D eigenvalue weighted by Gasteiger charge is -2.11. The lowest BCUT2D eigenvalue weighted by Crippen LogP contribution is -2.14. The highest BCUT2D eigenvalue weighted by atomic mass is 15.2. The van der Waals surface area contributed by atoms with Gasteiger partial charge in [-0.05, 0) is 24.3 Å². The fourth-order valence-electron chi connectivity index (χ4n) is 1.58. The number of aromatic nitrogens is 2. The Bertz CT molecular complexity index is 337. The van der Waals surface area contributed by atoms with Crippen LogP contribution >= 0.6 is 0 Å². The summed E-state index contributed by atoms with van der Waals surface area (Å²) in [5.41, 5.74) is 0. The van der Waals surface area contributed by atoms with Gasteiger partial charge in [0.2, 0.25) is 5.95 Å². The Hall–Kier alpha value is -1.32. The van der Waals surface area contributed by atoms with Gasteiger partial charge in [-0.3, -0.25) is 0 Å². The molecule has 1 saturated carbocycles. The minimum atomic E-state index is 0.754. The van der Waals surface area contributed by atoms with Crippen molar-refractivity contribution in [3.63, 3.8) is 0 Å². The smallest absolute Gasteiger partial charge is 0.226 e. The second kappa shape index (κ2) is 4.04. The van der Waals surface area contributed by atoms with Gasteiger partial charge in [-0.1, -0.05) is 6.92 Å². The van der Waals surface area contributed by atoms with Gasteiger partial charge < -0.3 is 10.2 Å². The number of hydrogen-bond acceptors (Lipinski definition) is 4. The number of hydrogen-bond donors (Lipinski definition) is 1. The topological polar surface area (TPSA) is 41.1 Å². The standard InChI is InChI=1S/C11H18N4/c1-8-6-9(8)7-13-10-4-5-12-11(14-10)15(2)3/h4-5,8-9H,6-7H2,1-3H3,(H,12,13,14). The Kier molecular flexibility index (Phi) is 2.75. The largest absolute Gasteiger partial charge is 0.370 e. The fraction of sp³-hybridized carbons (Fsp3) is 0.636. The lowest BCUT2D eigenvalue weighted by atomic mass is 10.3. The summed E-state index contributed by atoms with van der Waals surface area (Å²) in [4.78, 5) is 10.5. The third-order valence-corrected chi connectivity index (χ3v) is 2.86. The van der Waals surface area contributed by atoms with Crippen molar-refractivity contribution in [3.05, 3.63) is 12.3 Å². The molecule has 1 heterocycles. The first kappa shape index (κ1) is 10.2. The zero-order valence-corrected chi connectivity index (χ0v) is 9.57. The second-order valence-electron chi connectivity index (χ2n) is 4.49. The molecule has 0 amide bonds. The summed E-state index contributed by atoms with van der Waals surface area (Å²) in [6.07, 6.45) is 3.14. The maximum absolute atomic E-state index is 4.40. The molecule has 15 heavy (non-hydrogen) atoms. The Labute approximate surface area is 90.7 Å². The number of anilines is 2. The molecular weight excluding hydrogens is 188 g/mol. The van der Waals surface area contributed by atoms with Gasteiger partial charge in [-0.15, -0.1) is 0 Å². The van der Waals surface area contributed by atoms with E-state index in [0.29, 0.717) is 0 Å². The third-order valence-electron chi connectivity index (χ3n) is 2.86. The third kappa shape index (κ3) is 2.58. The van der Waals surface area contributed by atoms with Crippen molar-refractivity contribution in [2.75, 3.05) is 30.9 Å². The van der Waals surface area contributed by atoms with Gasteiger partial charge in [0.1, 0.15) is 5.82 Å². The number of rotatable bonds is 4. The van der Waals surface area contributed by atoms with Crippen molar-refractivity contribution in [2.24, 2.45) is 11.8 Å². The van der Waals surface area contributed by atoms with E-state index < -0.39 is 0 Å². The Balaban J connectivity index is 1.93. The molecule has 4 heteroatoms. The molecule has 0 spiro atoms. The predicted molar refractivity (Wildman–Crippen MR) is 62.1 cm³/mol. The van der Waals surface area contributed by atoms with E-state index in [1.54, 1.807) is 6.20 Å². The Morgan fingerprint density at radius 2 is 2.27 bits per heavy atom. The average molecular weight is 206 g/mol. The van der Waals surface area contributed by atoms with Crippen LogP contribution in [-0.4, -0.2) is 30.6 Å². The van der Waals surface area contributed by atoms with Crippen LogP contribution in [-0.2, 0) is 0 Å². The molecule has 1 N–H and O–H groups in total. The minimum absolute atomic E-state index is 0.754. The molecule has 2 atom stereocenters. The zero-order valence-electron chi connectivity index (χ0n) is 9.57. The minimum Gasteiger partial charge on any atom is -0.370 e. The molecule has 1 fully saturated rings. The van der Waals surface area contributed by atoms with Crippen LogP contribution in [0, 0.1) is 11.8 Å². The maximum atomic E-state index is 4.40. The summed E-state index contributed by atoms with van der Waals surface area (Å²) in [5, 5.41) is 3.35. The summed E-state index contributed by atoms with van der Waals surface area (Å²) < 4.78 is 0. The van der Waals surface area contributed by atoms with Crippen molar-refractivity contribution in [1.82, 2.24) is 9.97 Å². The van der Waals surface area contributed by atoms with Crippen molar-refractivity contribution >= 4 is 11.8 Å². The summed E-state index contributed by atoms with van der Waals surface area (Å²) in [6, 6.07) is 1.92.